The van der Waals surface area contributed by atoms with Gasteiger partial charge in [-0.25, -0.2) is 8.42 Å². The Morgan fingerprint density at radius 3 is 2.86 bits per heavy atom. The first kappa shape index (κ1) is 16.8. The van der Waals surface area contributed by atoms with Crippen LogP contribution in [0.5, 0.6) is 0 Å². The third kappa shape index (κ3) is 4.00. The van der Waals surface area contributed by atoms with Crippen LogP contribution in [0.4, 0.5) is 0 Å². The first-order valence-corrected chi connectivity index (χ1v) is 9.55. The minimum Gasteiger partial charge on any atom is -0.310 e. The van der Waals surface area contributed by atoms with Gasteiger partial charge >= 0.3 is 0 Å². The third-order valence-electron chi connectivity index (χ3n) is 3.37. The van der Waals surface area contributed by atoms with Crippen molar-refractivity contribution in [1.29, 1.82) is 0 Å². The molecule has 0 unspecified atom stereocenters. The molecule has 8 heteroatoms. The topological polar surface area (TPSA) is 78.1 Å². The van der Waals surface area contributed by atoms with Crippen molar-refractivity contribution in [3.63, 3.8) is 0 Å². The highest BCUT2D eigenvalue weighted by atomic mass is 32.2. The second-order valence-corrected chi connectivity index (χ2v) is 9.88. The highest BCUT2D eigenvalue weighted by Gasteiger charge is 2.36. The second-order valence-electron chi connectivity index (χ2n) is 6.21. The number of aromatic amines is 1. The molecule has 120 valence electrons. The van der Waals surface area contributed by atoms with Gasteiger partial charge in [-0.15, -0.1) is 0 Å². The van der Waals surface area contributed by atoms with Gasteiger partial charge < -0.3 is 5.32 Å². The van der Waals surface area contributed by atoms with Gasteiger partial charge in [0.15, 0.2) is 5.03 Å². The smallest absolute Gasteiger partial charge is 0.260 e. The lowest BCUT2D eigenvalue weighted by Crippen LogP contribution is -2.46. The molecule has 0 atom stereocenters. The number of hydrogen-bond acceptors (Lipinski definition) is 5. The van der Waals surface area contributed by atoms with Crippen molar-refractivity contribution in [2.24, 2.45) is 0 Å². The Kier molecular flexibility index (Phi) is 5.02. The van der Waals surface area contributed by atoms with E-state index in [4.69, 9.17) is 0 Å². The van der Waals surface area contributed by atoms with E-state index < -0.39 is 10.0 Å². The predicted octanol–water partition coefficient (Wildman–Crippen LogP) is 1.42. The van der Waals surface area contributed by atoms with Gasteiger partial charge in [0.1, 0.15) is 0 Å². The zero-order valence-corrected chi connectivity index (χ0v) is 14.6. The van der Waals surface area contributed by atoms with Gasteiger partial charge in [-0.05, 0) is 13.8 Å². The number of sulfonamides is 1. The Morgan fingerprint density at radius 1 is 1.52 bits per heavy atom. The van der Waals surface area contributed by atoms with Crippen LogP contribution in [0, 0.1) is 0 Å². The molecule has 1 saturated heterocycles. The van der Waals surface area contributed by atoms with E-state index in [0.29, 0.717) is 31.2 Å². The Balaban J connectivity index is 2.22. The maximum Gasteiger partial charge on any atom is 0.260 e. The van der Waals surface area contributed by atoms with Crippen LogP contribution in [0.2, 0.25) is 0 Å². The molecule has 2 rings (SSSR count). The first-order chi connectivity index (χ1) is 9.72. The molecule has 0 bridgehead atoms. The summed E-state index contributed by atoms with van der Waals surface area (Å²) in [7, 11) is -3.51. The van der Waals surface area contributed by atoms with Crippen LogP contribution < -0.4 is 5.32 Å². The first-order valence-electron chi connectivity index (χ1n) is 7.12. The Morgan fingerprint density at radius 2 is 2.24 bits per heavy atom. The molecule has 1 aromatic rings. The molecule has 0 radical (unpaired) electrons. The fourth-order valence-electron chi connectivity index (χ4n) is 2.27. The number of H-pyrrole nitrogens is 1. The highest BCUT2D eigenvalue weighted by molar-refractivity contribution is 8.00. The molecular weight excluding hydrogens is 308 g/mol. The van der Waals surface area contributed by atoms with Crippen molar-refractivity contribution in [1.82, 2.24) is 19.8 Å². The SMILES string of the molecule is CC(C)NCc1cn[nH]c1S(=O)(=O)N1CCSC(C)(C)C1. The molecular formula is C13H24N4O2S2. The zero-order chi connectivity index (χ0) is 15.7. The molecule has 0 spiro atoms. The van der Waals surface area contributed by atoms with Crippen LogP contribution in [0.3, 0.4) is 0 Å². The fraction of sp³-hybridized carbons (Fsp3) is 0.769. The van der Waals surface area contributed by atoms with Gasteiger partial charge in [0.2, 0.25) is 0 Å². The summed E-state index contributed by atoms with van der Waals surface area (Å²) in [6.45, 7) is 9.77. The second kappa shape index (κ2) is 6.28. The number of aromatic nitrogens is 2. The molecule has 0 aromatic carbocycles. The fourth-order valence-corrected chi connectivity index (χ4v) is 5.29. The normalized spacial score (nSPS) is 20.0. The Bertz CT molecular complexity index is 581. The lowest BCUT2D eigenvalue weighted by atomic mass is 10.2. The van der Waals surface area contributed by atoms with Crippen molar-refractivity contribution in [3.05, 3.63) is 11.8 Å². The zero-order valence-electron chi connectivity index (χ0n) is 13.0. The van der Waals surface area contributed by atoms with Crippen LogP contribution in [-0.2, 0) is 16.6 Å². The molecule has 0 aliphatic carbocycles. The van der Waals surface area contributed by atoms with E-state index in [-0.39, 0.29) is 9.77 Å². The molecule has 1 aromatic heterocycles. The van der Waals surface area contributed by atoms with Crippen molar-refractivity contribution in [2.75, 3.05) is 18.8 Å². The molecule has 0 amide bonds. The maximum absolute atomic E-state index is 12.8. The summed E-state index contributed by atoms with van der Waals surface area (Å²) >= 11 is 1.81. The van der Waals surface area contributed by atoms with Crippen LogP contribution >= 0.6 is 11.8 Å². The van der Waals surface area contributed by atoms with E-state index in [9.17, 15) is 8.42 Å². The number of thioether (sulfide) groups is 1. The lowest BCUT2D eigenvalue weighted by molar-refractivity contribution is 0.385. The minimum atomic E-state index is -3.51. The third-order valence-corrected chi connectivity index (χ3v) is 6.53. The minimum absolute atomic E-state index is 0.0539. The van der Waals surface area contributed by atoms with E-state index in [1.807, 2.05) is 25.6 Å². The van der Waals surface area contributed by atoms with Crippen molar-refractivity contribution in [2.45, 2.75) is 50.1 Å². The van der Waals surface area contributed by atoms with E-state index >= 15 is 0 Å². The van der Waals surface area contributed by atoms with E-state index in [2.05, 4.69) is 29.4 Å². The number of nitrogens with one attached hydrogen (secondary N) is 2. The molecule has 1 aliphatic rings. The predicted molar refractivity (Wildman–Crippen MR) is 85.9 cm³/mol. The van der Waals surface area contributed by atoms with Gasteiger partial charge in [-0.3, -0.25) is 5.10 Å². The van der Waals surface area contributed by atoms with Gasteiger partial charge in [-0.1, -0.05) is 13.8 Å². The van der Waals surface area contributed by atoms with Crippen LogP contribution in [-0.4, -0.2) is 52.6 Å². The van der Waals surface area contributed by atoms with Gasteiger partial charge in [-0.2, -0.15) is 21.2 Å². The quantitative estimate of drug-likeness (QED) is 0.853. The summed E-state index contributed by atoms with van der Waals surface area (Å²) in [4.78, 5) is 0. The number of rotatable bonds is 5. The standard InChI is InChI=1S/C13H24N4O2S2/c1-10(2)14-7-11-8-15-16-12(11)21(18,19)17-5-6-20-13(3,4)9-17/h8,10,14H,5-7,9H2,1-4H3,(H,15,16). The molecule has 2 N–H and O–H groups in total. The monoisotopic (exact) mass is 332 g/mol. The summed E-state index contributed by atoms with van der Waals surface area (Å²) in [5.41, 5.74) is 0.694. The molecule has 1 aliphatic heterocycles. The Hall–Kier alpha value is -0.570. The average Bonchev–Trinajstić information content (AvgIpc) is 2.84. The van der Waals surface area contributed by atoms with Crippen LogP contribution in [0.1, 0.15) is 33.3 Å². The Labute approximate surface area is 131 Å². The largest absolute Gasteiger partial charge is 0.310 e. The summed E-state index contributed by atoms with van der Waals surface area (Å²) in [5, 5.41) is 10.0. The van der Waals surface area contributed by atoms with Gasteiger partial charge in [0.25, 0.3) is 10.0 Å². The summed E-state index contributed by atoms with van der Waals surface area (Å²) in [6.07, 6.45) is 1.59. The number of hydrogen-bond donors (Lipinski definition) is 2. The molecule has 0 saturated carbocycles. The summed E-state index contributed by atoms with van der Waals surface area (Å²) in [6, 6.07) is 0.292. The van der Waals surface area contributed by atoms with Crippen molar-refractivity contribution < 1.29 is 8.42 Å². The summed E-state index contributed by atoms with van der Waals surface area (Å²) in [5.74, 6) is 0.819. The highest BCUT2D eigenvalue weighted by Crippen LogP contribution is 2.32. The average molecular weight is 332 g/mol. The molecule has 21 heavy (non-hydrogen) atoms. The molecule has 6 nitrogen and oxygen atoms in total. The lowest BCUT2D eigenvalue weighted by Gasteiger charge is -2.36. The van der Waals surface area contributed by atoms with E-state index in [1.54, 1.807) is 10.5 Å². The van der Waals surface area contributed by atoms with Crippen LogP contribution in [0.15, 0.2) is 11.2 Å². The molecule has 2 heterocycles. The maximum atomic E-state index is 12.8. The van der Waals surface area contributed by atoms with Crippen molar-refractivity contribution in [3.8, 4) is 0 Å². The summed E-state index contributed by atoms with van der Waals surface area (Å²) < 4.78 is 27.1. The van der Waals surface area contributed by atoms with Crippen LogP contribution in [0.25, 0.3) is 0 Å². The van der Waals surface area contributed by atoms with Gasteiger partial charge in [0, 0.05) is 41.7 Å². The van der Waals surface area contributed by atoms with E-state index in [1.165, 1.54) is 0 Å². The van der Waals surface area contributed by atoms with Crippen molar-refractivity contribution >= 4 is 21.8 Å². The van der Waals surface area contributed by atoms with Gasteiger partial charge in [0.05, 0.1) is 6.20 Å². The number of nitrogens with zero attached hydrogens (tertiary/aromatic N) is 2. The molecule has 1 fully saturated rings. The van der Waals surface area contributed by atoms with E-state index in [0.717, 1.165) is 5.75 Å².